The summed E-state index contributed by atoms with van der Waals surface area (Å²) in [6, 6.07) is 2.39. The number of ether oxygens (including phenoxy) is 1. The fraction of sp³-hybridized carbons (Fsp3) is 0.294. The molecular formula is C17H16BrF2N3O3. The van der Waals surface area contributed by atoms with E-state index in [1.807, 2.05) is 0 Å². The highest BCUT2D eigenvalue weighted by Gasteiger charge is 2.28. The van der Waals surface area contributed by atoms with Crippen molar-refractivity contribution in [2.24, 2.45) is 0 Å². The van der Waals surface area contributed by atoms with E-state index in [4.69, 9.17) is 4.74 Å². The highest BCUT2D eigenvalue weighted by molar-refractivity contribution is 9.10. The molecule has 6 nitrogen and oxygen atoms in total. The average Bonchev–Trinajstić information content (AvgIpc) is 2.88. The number of benzene rings is 1. The summed E-state index contributed by atoms with van der Waals surface area (Å²) in [7, 11) is 1.38. The third kappa shape index (κ3) is 3.07. The standard InChI is InChI=1S/C17H16BrF2N3O3/c1-17(2,3)26-16(24)22(4)11-6-10(19)13(20)12-9-5-8(18)7-23(25)15(9)21-14(11)12/h5-7,25H,1-4H3. The van der Waals surface area contributed by atoms with E-state index < -0.39 is 23.3 Å². The van der Waals surface area contributed by atoms with Gasteiger partial charge in [-0.3, -0.25) is 4.90 Å². The Bertz CT molecular complexity index is 997. The van der Waals surface area contributed by atoms with Crippen LogP contribution in [0.5, 0.6) is 0 Å². The number of amides is 1. The Morgan fingerprint density at radius 2 is 2.00 bits per heavy atom. The second-order valence-corrected chi connectivity index (χ2v) is 7.72. The van der Waals surface area contributed by atoms with Crippen molar-refractivity contribution in [2.75, 3.05) is 11.9 Å². The normalized spacial score (nSPS) is 12.0. The Balaban J connectivity index is 2.27. The number of carbonyl (C=O) groups is 1. The maximum absolute atomic E-state index is 14.5. The highest BCUT2D eigenvalue weighted by atomic mass is 79.9. The van der Waals surface area contributed by atoms with Gasteiger partial charge in [-0.2, -0.15) is 4.73 Å². The van der Waals surface area contributed by atoms with E-state index in [1.54, 1.807) is 20.8 Å². The number of halogens is 3. The lowest BCUT2D eigenvalue weighted by molar-refractivity contribution is 0.0589. The number of anilines is 1. The summed E-state index contributed by atoms with van der Waals surface area (Å²) in [5.41, 5.74) is -0.493. The molecule has 1 amide bonds. The van der Waals surface area contributed by atoms with Crippen LogP contribution in [0.25, 0.3) is 22.3 Å². The number of aromatic nitrogens is 2. The summed E-state index contributed by atoms with van der Waals surface area (Å²) in [5.74, 6) is -2.21. The van der Waals surface area contributed by atoms with Gasteiger partial charge in [0.2, 0.25) is 0 Å². The van der Waals surface area contributed by atoms with Crippen LogP contribution in [-0.2, 0) is 4.74 Å². The van der Waals surface area contributed by atoms with Crippen molar-refractivity contribution >= 4 is 38.6 Å². The number of fused-ring (bicyclic) bond motifs is 3. The van der Waals surface area contributed by atoms with E-state index in [2.05, 4.69) is 20.9 Å². The third-order valence-corrected chi connectivity index (χ3v) is 4.11. The molecule has 3 rings (SSSR count). The van der Waals surface area contributed by atoms with E-state index in [1.165, 1.54) is 19.3 Å². The SMILES string of the molecule is CN(C(=O)OC(C)(C)C)c1cc(F)c(F)c2c3cc(Br)cn(O)c-3nc12. The van der Waals surface area contributed by atoms with Gasteiger partial charge in [-0.05, 0) is 42.8 Å². The Morgan fingerprint density at radius 3 is 2.62 bits per heavy atom. The molecule has 0 saturated heterocycles. The number of nitrogens with zero attached hydrogens (tertiary/aromatic N) is 3. The van der Waals surface area contributed by atoms with Crippen molar-refractivity contribution in [3.8, 4) is 11.4 Å². The van der Waals surface area contributed by atoms with Crippen LogP contribution in [0.3, 0.4) is 0 Å². The van der Waals surface area contributed by atoms with Gasteiger partial charge in [0.05, 0.1) is 17.3 Å². The first-order valence-corrected chi connectivity index (χ1v) is 8.44. The van der Waals surface area contributed by atoms with Crippen molar-refractivity contribution in [3.63, 3.8) is 0 Å². The van der Waals surface area contributed by atoms with Gasteiger partial charge in [0.1, 0.15) is 11.1 Å². The third-order valence-electron chi connectivity index (χ3n) is 3.67. The van der Waals surface area contributed by atoms with E-state index in [-0.39, 0.29) is 28.0 Å². The number of hydrogen-bond acceptors (Lipinski definition) is 4. The molecule has 0 aliphatic carbocycles. The maximum atomic E-state index is 14.5. The van der Waals surface area contributed by atoms with Gasteiger partial charge in [0.25, 0.3) is 0 Å². The fourth-order valence-electron chi connectivity index (χ4n) is 2.59. The lowest BCUT2D eigenvalue weighted by Crippen LogP contribution is -2.34. The molecule has 26 heavy (non-hydrogen) atoms. The first-order chi connectivity index (χ1) is 12.0. The predicted octanol–water partition coefficient (Wildman–Crippen LogP) is 4.79. The molecule has 0 aromatic heterocycles. The average molecular weight is 428 g/mol. The first-order valence-electron chi connectivity index (χ1n) is 7.65. The van der Waals surface area contributed by atoms with Crippen LogP contribution < -0.4 is 4.90 Å². The Morgan fingerprint density at radius 1 is 1.35 bits per heavy atom. The summed E-state index contributed by atoms with van der Waals surface area (Å²) in [5, 5.41) is 9.88. The molecule has 2 aliphatic rings. The minimum absolute atomic E-state index is 0.0282. The summed E-state index contributed by atoms with van der Waals surface area (Å²) >= 11 is 3.19. The van der Waals surface area contributed by atoms with Gasteiger partial charge in [-0.1, -0.05) is 0 Å². The van der Waals surface area contributed by atoms with Gasteiger partial charge < -0.3 is 9.94 Å². The van der Waals surface area contributed by atoms with Crippen molar-refractivity contribution in [3.05, 3.63) is 34.4 Å². The van der Waals surface area contributed by atoms with Crippen LogP contribution in [0.15, 0.2) is 22.8 Å². The van der Waals surface area contributed by atoms with Gasteiger partial charge >= 0.3 is 6.09 Å². The number of rotatable bonds is 1. The molecule has 2 heterocycles. The number of carbonyl (C=O) groups excluding carboxylic acids is 1. The summed E-state index contributed by atoms with van der Waals surface area (Å²) in [4.78, 5) is 17.6. The Kier molecular flexibility index (Phi) is 4.30. The second-order valence-electron chi connectivity index (χ2n) is 6.81. The second kappa shape index (κ2) is 6.08. The molecule has 2 aliphatic heterocycles. The Hall–Kier alpha value is -2.42. The molecule has 0 bridgehead atoms. The minimum Gasteiger partial charge on any atom is -0.443 e. The van der Waals surface area contributed by atoms with E-state index in [0.717, 1.165) is 11.0 Å². The van der Waals surface area contributed by atoms with Gasteiger partial charge in [-0.25, -0.2) is 18.6 Å². The molecule has 9 heteroatoms. The molecule has 0 spiro atoms. The zero-order chi connectivity index (χ0) is 19.4. The zero-order valence-electron chi connectivity index (χ0n) is 14.5. The predicted molar refractivity (Wildman–Crippen MR) is 95.8 cm³/mol. The Labute approximate surface area is 156 Å². The summed E-state index contributed by atoms with van der Waals surface area (Å²) < 4.78 is 35.1. The van der Waals surface area contributed by atoms with Crippen LogP contribution in [0.4, 0.5) is 19.3 Å². The largest absolute Gasteiger partial charge is 0.443 e. The maximum Gasteiger partial charge on any atom is 0.414 e. The van der Waals surface area contributed by atoms with E-state index in [9.17, 15) is 18.8 Å². The van der Waals surface area contributed by atoms with E-state index >= 15 is 0 Å². The molecule has 1 aromatic carbocycles. The van der Waals surface area contributed by atoms with Crippen LogP contribution in [0.2, 0.25) is 0 Å². The zero-order valence-corrected chi connectivity index (χ0v) is 16.1. The smallest absolute Gasteiger partial charge is 0.414 e. The lowest BCUT2D eigenvalue weighted by atomic mass is 10.1. The van der Waals surface area contributed by atoms with Gasteiger partial charge in [0.15, 0.2) is 17.5 Å². The van der Waals surface area contributed by atoms with Crippen LogP contribution in [0, 0.1) is 11.6 Å². The van der Waals surface area contributed by atoms with Crippen LogP contribution >= 0.6 is 15.9 Å². The number of pyridine rings is 1. The van der Waals surface area contributed by atoms with Gasteiger partial charge in [-0.15, -0.1) is 0 Å². The fourth-order valence-corrected chi connectivity index (χ4v) is 3.01. The monoisotopic (exact) mass is 427 g/mol. The summed E-state index contributed by atoms with van der Waals surface area (Å²) in [6.07, 6.45) is 0.578. The summed E-state index contributed by atoms with van der Waals surface area (Å²) in [6.45, 7) is 5.09. The first kappa shape index (κ1) is 18.4. The van der Waals surface area contributed by atoms with Crippen LogP contribution in [-0.4, -0.2) is 33.7 Å². The van der Waals surface area contributed by atoms with Crippen molar-refractivity contribution in [1.29, 1.82) is 0 Å². The van der Waals surface area contributed by atoms with Crippen molar-refractivity contribution in [1.82, 2.24) is 9.71 Å². The molecule has 138 valence electrons. The minimum atomic E-state index is -1.14. The molecule has 0 saturated carbocycles. The molecule has 0 fully saturated rings. The molecule has 0 atom stereocenters. The molecule has 1 aromatic rings. The topological polar surface area (TPSA) is 67.6 Å². The lowest BCUT2D eigenvalue weighted by Gasteiger charge is -2.25. The molecule has 0 unspecified atom stereocenters. The quantitative estimate of drug-likeness (QED) is 0.566. The molecule has 1 N–H and O–H groups in total. The van der Waals surface area contributed by atoms with E-state index in [0.29, 0.717) is 9.20 Å². The van der Waals surface area contributed by atoms with Crippen molar-refractivity contribution < 1.29 is 23.5 Å². The van der Waals surface area contributed by atoms with Gasteiger partial charge in [0, 0.05) is 23.2 Å². The van der Waals surface area contributed by atoms with Crippen LogP contribution in [0.1, 0.15) is 20.8 Å². The molecular weight excluding hydrogens is 412 g/mol. The highest BCUT2D eigenvalue weighted by Crippen LogP contribution is 2.39. The number of hydrogen-bond donors (Lipinski definition) is 1. The molecule has 0 radical (unpaired) electrons. The van der Waals surface area contributed by atoms with Crippen molar-refractivity contribution in [2.45, 2.75) is 26.4 Å².